The molecule has 2 atom stereocenters. The van der Waals surface area contributed by atoms with Crippen LogP contribution in [-0.2, 0) is 0 Å². The van der Waals surface area contributed by atoms with Gasteiger partial charge in [-0.05, 0) is 37.1 Å². The number of rotatable bonds is 6. The Morgan fingerprint density at radius 1 is 1.28 bits per heavy atom. The lowest BCUT2D eigenvalue weighted by Gasteiger charge is -2.20. The lowest BCUT2D eigenvalue weighted by Crippen LogP contribution is -2.33. The zero-order valence-corrected chi connectivity index (χ0v) is 13.9. The maximum absolute atomic E-state index is 13.1. The Morgan fingerprint density at radius 2 is 2.00 bits per heavy atom. The van der Waals surface area contributed by atoms with Crippen molar-refractivity contribution in [3.05, 3.63) is 65.5 Å². The van der Waals surface area contributed by atoms with Crippen molar-refractivity contribution in [3.8, 4) is 6.07 Å². The van der Waals surface area contributed by atoms with E-state index >= 15 is 0 Å². The number of hydrogen-bond acceptors (Lipinski definition) is 3. The van der Waals surface area contributed by atoms with E-state index in [1.807, 2.05) is 36.4 Å². The predicted octanol–water partition coefficient (Wildman–Crippen LogP) is 3.37. The first kappa shape index (κ1) is 18.4. The number of amides is 2. The van der Waals surface area contributed by atoms with Crippen molar-refractivity contribution in [2.45, 2.75) is 25.4 Å². The first-order valence-electron chi connectivity index (χ1n) is 7.97. The van der Waals surface area contributed by atoms with Gasteiger partial charge in [0.05, 0.1) is 17.4 Å². The molecule has 0 aliphatic rings. The van der Waals surface area contributed by atoms with Crippen LogP contribution in [0.15, 0.2) is 48.5 Å². The second kappa shape index (κ2) is 8.81. The highest BCUT2D eigenvalue weighted by Gasteiger charge is 2.16. The first-order chi connectivity index (χ1) is 12.0. The van der Waals surface area contributed by atoms with Crippen molar-refractivity contribution in [1.82, 2.24) is 5.32 Å². The molecule has 6 heteroatoms. The summed E-state index contributed by atoms with van der Waals surface area (Å²) in [5, 5.41) is 24.0. The molecule has 0 aliphatic carbocycles. The molecule has 0 saturated carbocycles. The third-order valence-electron chi connectivity index (χ3n) is 3.76. The number of aliphatic hydroxyl groups excluding tert-OH is 1. The third kappa shape index (κ3) is 5.59. The van der Waals surface area contributed by atoms with Gasteiger partial charge in [-0.15, -0.1) is 0 Å². The maximum Gasteiger partial charge on any atom is 0.319 e. The van der Waals surface area contributed by atoms with E-state index in [9.17, 15) is 14.3 Å². The summed E-state index contributed by atoms with van der Waals surface area (Å²) in [5.41, 5.74) is 1.31. The number of nitrogens with zero attached hydrogens (tertiary/aromatic N) is 1. The van der Waals surface area contributed by atoms with E-state index in [2.05, 4.69) is 10.6 Å². The van der Waals surface area contributed by atoms with Gasteiger partial charge < -0.3 is 15.7 Å². The normalized spacial score (nSPS) is 12.7. The van der Waals surface area contributed by atoms with E-state index in [1.54, 1.807) is 6.92 Å². The summed E-state index contributed by atoms with van der Waals surface area (Å²) < 4.78 is 13.1. The van der Waals surface area contributed by atoms with Crippen molar-refractivity contribution in [2.24, 2.45) is 0 Å². The molecular weight excluding hydrogens is 321 g/mol. The molecule has 0 saturated heterocycles. The molecule has 0 bridgehead atoms. The molecule has 0 fully saturated rings. The third-order valence-corrected chi connectivity index (χ3v) is 3.76. The number of halogens is 1. The van der Waals surface area contributed by atoms with Gasteiger partial charge in [0.15, 0.2) is 0 Å². The Morgan fingerprint density at radius 3 is 2.64 bits per heavy atom. The molecule has 0 aliphatic heterocycles. The standard InChI is InChI=1S/C19H20FN3O2/c1-13(24)9-16(14-5-3-2-4-6-14)12-22-19(25)23-18-8-7-17(20)10-15(18)11-21/h2-8,10,13,16,24H,9,12H2,1H3,(H2,22,23,25). The molecule has 130 valence electrons. The van der Waals surface area contributed by atoms with Gasteiger partial charge in [0.1, 0.15) is 11.9 Å². The number of benzene rings is 2. The summed E-state index contributed by atoms with van der Waals surface area (Å²) in [6, 6.07) is 14.5. The Bertz CT molecular complexity index is 757. The number of carbonyl (C=O) groups is 1. The number of urea groups is 1. The van der Waals surface area contributed by atoms with Crippen molar-refractivity contribution in [3.63, 3.8) is 0 Å². The lowest BCUT2D eigenvalue weighted by molar-refractivity contribution is 0.173. The average molecular weight is 341 g/mol. The molecule has 2 aromatic rings. The molecule has 0 spiro atoms. The Hall–Kier alpha value is -2.91. The zero-order chi connectivity index (χ0) is 18.2. The Labute approximate surface area is 146 Å². The van der Waals surface area contributed by atoms with E-state index in [-0.39, 0.29) is 17.2 Å². The van der Waals surface area contributed by atoms with Crippen LogP contribution in [0.3, 0.4) is 0 Å². The van der Waals surface area contributed by atoms with Gasteiger partial charge >= 0.3 is 6.03 Å². The smallest absolute Gasteiger partial charge is 0.319 e. The molecular formula is C19H20FN3O2. The molecule has 2 amide bonds. The minimum absolute atomic E-state index is 0.0457. The van der Waals surface area contributed by atoms with Crippen molar-refractivity contribution >= 4 is 11.7 Å². The van der Waals surface area contributed by atoms with E-state index in [0.717, 1.165) is 11.6 Å². The van der Waals surface area contributed by atoms with Crippen LogP contribution in [-0.4, -0.2) is 23.8 Å². The van der Waals surface area contributed by atoms with E-state index in [1.165, 1.54) is 12.1 Å². The summed E-state index contributed by atoms with van der Waals surface area (Å²) in [6.07, 6.45) is 0.00181. The van der Waals surface area contributed by atoms with Crippen LogP contribution >= 0.6 is 0 Å². The van der Waals surface area contributed by atoms with Crippen molar-refractivity contribution < 1.29 is 14.3 Å². The number of aliphatic hydroxyl groups is 1. The second-order valence-corrected chi connectivity index (χ2v) is 5.83. The molecule has 2 unspecified atom stereocenters. The molecule has 2 aromatic carbocycles. The average Bonchev–Trinajstić information content (AvgIpc) is 2.60. The fraction of sp³-hybridized carbons (Fsp3) is 0.263. The highest BCUT2D eigenvalue weighted by molar-refractivity contribution is 5.90. The van der Waals surface area contributed by atoms with Gasteiger partial charge in [-0.1, -0.05) is 30.3 Å². The number of hydrogen-bond donors (Lipinski definition) is 3. The summed E-state index contributed by atoms with van der Waals surface area (Å²) in [7, 11) is 0. The van der Waals surface area contributed by atoms with Crippen molar-refractivity contribution in [2.75, 3.05) is 11.9 Å². The van der Waals surface area contributed by atoms with Crippen molar-refractivity contribution in [1.29, 1.82) is 5.26 Å². The fourth-order valence-corrected chi connectivity index (χ4v) is 2.57. The lowest BCUT2D eigenvalue weighted by atomic mass is 9.93. The molecule has 2 rings (SSSR count). The number of nitriles is 1. The van der Waals surface area contributed by atoms with Crippen LogP contribution < -0.4 is 10.6 Å². The Balaban J connectivity index is 2.01. The van der Waals surface area contributed by atoms with Crippen LogP contribution in [0.5, 0.6) is 0 Å². The monoisotopic (exact) mass is 341 g/mol. The molecule has 0 aromatic heterocycles. The zero-order valence-electron chi connectivity index (χ0n) is 13.9. The second-order valence-electron chi connectivity index (χ2n) is 5.83. The predicted molar refractivity (Wildman–Crippen MR) is 93.6 cm³/mol. The van der Waals surface area contributed by atoms with E-state index in [4.69, 9.17) is 5.26 Å². The van der Waals surface area contributed by atoms with Crippen LogP contribution in [0.4, 0.5) is 14.9 Å². The fourth-order valence-electron chi connectivity index (χ4n) is 2.57. The molecule has 25 heavy (non-hydrogen) atoms. The van der Waals surface area contributed by atoms with Crippen LogP contribution in [0.1, 0.15) is 30.4 Å². The first-order valence-corrected chi connectivity index (χ1v) is 7.97. The summed E-state index contributed by atoms with van der Waals surface area (Å²) in [5.74, 6) is -0.584. The van der Waals surface area contributed by atoms with E-state index in [0.29, 0.717) is 13.0 Å². The number of carbonyl (C=O) groups excluding carboxylic acids is 1. The molecule has 0 radical (unpaired) electrons. The number of anilines is 1. The SMILES string of the molecule is CC(O)CC(CNC(=O)Nc1ccc(F)cc1C#N)c1ccccc1. The van der Waals surface area contributed by atoms with Gasteiger partial charge in [-0.2, -0.15) is 5.26 Å². The largest absolute Gasteiger partial charge is 0.393 e. The van der Waals surface area contributed by atoms with Gasteiger partial charge in [0.2, 0.25) is 0 Å². The Kier molecular flexibility index (Phi) is 6.49. The molecule has 3 N–H and O–H groups in total. The number of nitrogens with one attached hydrogen (secondary N) is 2. The van der Waals surface area contributed by atoms with Gasteiger partial charge in [-0.25, -0.2) is 9.18 Å². The minimum Gasteiger partial charge on any atom is -0.393 e. The molecule has 5 nitrogen and oxygen atoms in total. The highest BCUT2D eigenvalue weighted by Crippen LogP contribution is 2.21. The van der Waals surface area contributed by atoms with Crippen LogP contribution in [0.25, 0.3) is 0 Å². The topological polar surface area (TPSA) is 85.2 Å². The van der Waals surface area contributed by atoms with E-state index < -0.39 is 18.0 Å². The van der Waals surface area contributed by atoms with Crippen LogP contribution in [0, 0.1) is 17.1 Å². The summed E-state index contributed by atoms with van der Waals surface area (Å²) >= 11 is 0. The molecule has 0 heterocycles. The van der Waals surface area contributed by atoms with Crippen LogP contribution in [0.2, 0.25) is 0 Å². The summed E-state index contributed by atoms with van der Waals surface area (Å²) in [6.45, 7) is 2.03. The van der Waals surface area contributed by atoms with Gasteiger partial charge in [-0.3, -0.25) is 0 Å². The minimum atomic E-state index is -0.538. The highest BCUT2D eigenvalue weighted by atomic mass is 19.1. The quantitative estimate of drug-likeness (QED) is 0.753. The summed E-state index contributed by atoms with van der Waals surface area (Å²) in [4.78, 5) is 12.1. The van der Waals surface area contributed by atoms with Gasteiger partial charge in [0, 0.05) is 12.5 Å². The van der Waals surface area contributed by atoms with Gasteiger partial charge in [0.25, 0.3) is 0 Å². The maximum atomic E-state index is 13.1.